The second-order valence-electron chi connectivity index (χ2n) is 5.05. The Balaban J connectivity index is 1.84. The minimum atomic E-state index is 0.174. The predicted molar refractivity (Wildman–Crippen MR) is 64.7 cm³/mol. The van der Waals surface area contributed by atoms with Crippen molar-refractivity contribution >= 4 is 5.91 Å². The normalized spacial score (nSPS) is 28.4. The molecule has 2 aliphatic heterocycles. The largest absolute Gasteiger partial charge is 0.330 e. The molecule has 1 aromatic heterocycles. The number of amides is 1. The molecule has 0 N–H and O–H groups in total. The third-order valence-electron chi connectivity index (χ3n) is 3.83. The van der Waals surface area contributed by atoms with E-state index < -0.39 is 0 Å². The van der Waals surface area contributed by atoms with Crippen molar-refractivity contribution < 1.29 is 4.79 Å². The lowest BCUT2D eigenvalue weighted by atomic mass is 10.1. The van der Waals surface area contributed by atoms with Crippen LogP contribution < -0.4 is 0 Å². The molecule has 17 heavy (non-hydrogen) atoms. The Bertz CT molecular complexity index is 406. The first-order valence-electron chi connectivity index (χ1n) is 6.17. The summed E-state index contributed by atoms with van der Waals surface area (Å²) >= 11 is 0. The van der Waals surface area contributed by atoms with Crippen molar-refractivity contribution in [3.8, 4) is 0 Å². The molecule has 0 aromatic carbocycles. The van der Waals surface area contributed by atoms with Crippen LogP contribution in [0.15, 0.2) is 24.5 Å². The summed E-state index contributed by atoms with van der Waals surface area (Å²) in [5, 5.41) is 0. The van der Waals surface area contributed by atoms with Crippen LogP contribution >= 0.6 is 0 Å². The maximum Gasteiger partial charge on any atom is 0.254 e. The Kier molecular flexibility index (Phi) is 2.59. The van der Waals surface area contributed by atoms with Crippen molar-refractivity contribution in [2.24, 2.45) is 0 Å². The monoisotopic (exact) mass is 231 g/mol. The molecular weight excluding hydrogens is 214 g/mol. The zero-order chi connectivity index (χ0) is 11.8. The number of rotatable bonds is 1. The molecule has 3 heterocycles. The molecule has 2 bridgehead atoms. The van der Waals surface area contributed by atoms with Gasteiger partial charge in [0.15, 0.2) is 0 Å². The molecule has 2 atom stereocenters. The van der Waals surface area contributed by atoms with E-state index in [0.29, 0.717) is 12.1 Å². The Morgan fingerprint density at radius 1 is 1.24 bits per heavy atom. The second kappa shape index (κ2) is 4.11. The van der Waals surface area contributed by atoms with E-state index in [-0.39, 0.29) is 5.91 Å². The summed E-state index contributed by atoms with van der Waals surface area (Å²) in [5.74, 6) is 0.174. The van der Waals surface area contributed by atoms with Gasteiger partial charge in [0.2, 0.25) is 0 Å². The summed E-state index contributed by atoms with van der Waals surface area (Å²) in [6.45, 7) is 2.01. The van der Waals surface area contributed by atoms with Gasteiger partial charge in [-0.2, -0.15) is 0 Å². The minimum Gasteiger partial charge on any atom is -0.330 e. The molecular formula is C13H17N3O. The van der Waals surface area contributed by atoms with Crippen LogP contribution in [-0.4, -0.2) is 52.9 Å². The molecule has 1 aromatic rings. The van der Waals surface area contributed by atoms with Gasteiger partial charge in [0.25, 0.3) is 5.91 Å². The summed E-state index contributed by atoms with van der Waals surface area (Å²) in [4.78, 5) is 20.8. The summed E-state index contributed by atoms with van der Waals surface area (Å²) in [5.41, 5.74) is 0.765. The lowest BCUT2D eigenvalue weighted by Gasteiger charge is -2.39. The first-order chi connectivity index (χ1) is 8.25. The van der Waals surface area contributed by atoms with Crippen molar-refractivity contribution in [3.63, 3.8) is 0 Å². The van der Waals surface area contributed by atoms with Crippen LogP contribution in [0.1, 0.15) is 23.2 Å². The quantitative estimate of drug-likeness (QED) is 0.723. The number of piperazine rings is 1. The van der Waals surface area contributed by atoms with E-state index in [4.69, 9.17) is 0 Å². The molecule has 4 heteroatoms. The summed E-state index contributed by atoms with van der Waals surface area (Å²) in [6.07, 6.45) is 5.66. The lowest BCUT2D eigenvalue weighted by molar-refractivity contribution is 0.0472. The van der Waals surface area contributed by atoms with Gasteiger partial charge in [-0.05, 0) is 32.0 Å². The number of fused-ring (bicyclic) bond motifs is 2. The van der Waals surface area contributed by atoms with Gasteiger partial charge in [0.05, 0.1) is 0 Å². The van der Waals surface area contributed by atoms with Crippen LogP contribution in [0, 0.1) is 0 Å². The standard InChI is InChI=1S/C13H17N3O/c1-15-8-11-2-3-12(9-15)16(11)13(17)10-4-6-14-7-5-10/h4-7,11-12H,2-3,8-9H2,1H3/t11-,12+. The highest BCUT2D eigenvalue weighted by molar-refractivity contribution is 5.94. The third kappa shape index (κ3) is 1.82. The van der Waals surface area contributed by atoms with Crippen LogP contribution in [0.2, 0.25) is 0 Å². The minimum absolute atomic E-state index is 0.174. The van der Waals surface area contributed by atoms with Crippen LogP contribution in [0.3, 0.4) is 0 Å². The SMILES string of the molecule is CN1C[C@H]2CC[C@@H](C1)N2C(=O)c1ccncc1. The van der Waals surface area contributed by atoms with E-state index in [1.165, 1.54) is 0 Å². The molecule has 2 fully saturated rings. The van der Waals surface area contributed by atoms with Gasteiger partial charge in [-0.3, -0.25) is 9.78 Å². The number of nitrogens with zero attached hydrogens (tertiary/aromatic N) is 3. The Morgan fingerprint density at radius 3 is 2.41 bits per heavy atom. The molecule has 0 radical (unpaired) electrons. The van der Waals surface area contributed by atoms with Crippen LogP contribution in [0.25, 0.3) is 0 Å². The zero-order valence-electron chi connectivity index (χ0n) is 10.0. The Labute approximate surface area is 101 Å². The van der Waals surface area contributed by atoms with Gasteiger partial charge >= 0.3 is 0 Å². The fraction of sp³-hybridized carbons (Fsp3) is 0.538. The number of likely N-dealkylation sites (tertiary alicyclic amines) is 1. The molecule has 3 rings (SSSR count). The van der Waals surface area contributed by atoms with Crippen molar-refractivity contribution in [2.75, 3.05) is 20.1 Å². The van der Waals surface area contributed by atoms with Gasteiger partial charge in [-0.15, -0.1) is 0 Å². The van der Waals surface area contributed by atoms with E-state index in [9.17, 15) is 4.79 Å². The molecule has 1 amide bonds. The topological polar surface area (TPSA) is 36.4 Å². The molecule has 2 aliphatic rings. The highest BCUT2D eigenvalue weighted by Crippen LogP contribution is 2.30. The second-order valence-corrected chi connectivity index (χ2v) is 5.05. The predicted octanol–water partition coefficient (Wildman–Crippen LogP) is 1.00. The van der Waals surface area contributed by atoms with Gasteiger partial charge in [0, 0.05) is 43.1 Å². The summed E-state index contributed by atoms with van der Waals surface area (Å²) in [6, 6.07) is 4.42. The average Bonchev–Trinajstić information content (AvgIpc) is 2.62. The van der Waals surface area contributed by atoms with E-state index in [1.807, 2.05) is 0 Å². The number of likely N-dealkylation sites (N-methyl/N-ethyl adjacent to an activating group) is 1. The van der Waals surface area contributed by atoms with E-state index in [2.05, 4.69) is 21.8 Å². The summed E-state index contributed by atoms with van der Waals surface area (Å²) in [7, 11) is 2.14. The maximum atomic E-state index is 12.4. The number of carbonyl (C=O) groups is 1. The van der Waals surface area contributed by atoms with Gasteiger partial charge < -0.3 is 9.80 Å². The van der Waals surface area contributed by atoms with Crippen molar-refractivity contribution in [3.05, 3.63) is 30.1 Å². The number of hydrogen-bond donors (Lipinski definition) is 0. The molecule has 0 saturated carbocycles. The third-order valence-corrected chi connectivity index (χ3v) is 3.83. The fourth-order valence-electron chi connectivity index (χ4n) is 3.09. The van der Waals surface area contributed by atoms with Crippen LogP contribution in [0.4, 0.5) is 0 Å². The molecule has 0 unspecified atom stereocenters. The van der Waals surface area contributed by atoms with Crippen LogP contribution in [-0.2, 0) is 0 Å². The lowest BCUT2D eigenvalue weighted by Crippen LogP contribution is -2.54. The molecule has 0 aliphatic carbocycles. The first-order valence-corrected chi connectivity index (χ1v) is 6.17. The highest BCUT2D eigenvalue weighted by atomic mass is 16.2. The van der Waals surface area contributed by atoms with E-state index in [0.717, 1.165) is 31.5 Å². The van der Waals surface area contributed by atoms with Crippen molar-refractivity contribution in [1.82, 2.24) is 14.8 Å². The van der Waals surface area contributed by atoms with Gasteiger partial charge in [-0.25, -0.2) is 0 Å². The average molecular weight is 231 g/mol. The Morgan fingerprint density at radius 2 is 1.82 bits per heavy atom. The number of carbonyl (C=O) groups excluding carboxylic acids is 1. The first kappa shape index (κ1) is 10.7. The van der Waals surface area contributed by atoms with E-state index >= 15 is 0 Å². The molecule has 4 nitrogen and oxygen atoms in total. The Hall–Kier alpha value is -1.42. The smallest absolute Gasteiger partial charge is 0.254 e. The van der Waals surface area contributed by atoms with E-state index in [1.54, 1.807) is 24.5 Å². The maximum absolute atomic E-state index is 12.4. The molecule has 2 saturated heterocycles. The zero-order valence-corrected chi connectivity index (χ0v) is 10.0. The number of pyridine rings is 1. The fourth-order valence-corrected chi connectivity index (χ4v) is 3.09. The van der Waals surface area contributed by atoms with Gasteiger partial charge in [0.1, 0.15) is 0 Å². The van der Waals surface area contributed by atoms with Gasteiger partial charge in [-0.1, -0.05) is 0 Å². The van der Waals surface area contributed by atoms with Crippen LogP contribution in [0.5, 0.6) is 0 Å². The summed E-state index contributed by atoms with van der Waals surface area (Å²) < 4.78 is 0. The molecule has 90 valence electrons. The number of aromatic nitrogens is 1. The van der Waals surface area contributed by atoms with Crippen molar-refractivity contribution in [1.29, 1.82) is 0 Å². The van der Waals surface area contributed by atoms with Crippen molar-refractivity contribution in [2.45, 2.75) is 24.9 Å². The molecule has 0 spiro atoms. The number of hydrogen-bond acceptors (Lipinski definition) is 3. The highest BCUT2D eigenvalue weighted by Gasteiger charge is 2.41.